The van der Waals surface area contributed by atoms with Crippen LogP contribution in [0.25, 0.3) is 0 Å². The first-order valence-electron chi connectivity index (χ1n) is 11.1. The SMILES string of the molecule is CC(=O)OCC(=O)[C@@]1(O)[C@H](C)C[C@H]2[C@@H]3[C@@H](O)[C@@H](O)C4=CC(=O)C=C[C@]4(C)[C@@]3(F)C(=O)C[C@@]21C. The van der Waals surface area contributed by atoms with Crippen molar-refractivity contribution >= 4 is 23.3 Å². The third-order valence-electron chi connectivity index (χ3n) is 8.91. The maximum absolute atomic E-state index is 17.1. The van der Waals surface area contributed by atoms with Crippen molar-refractivity contribution in [1.29, 1.82) is 0 Å². The Kier molecular flexibility index (Phi) is 5.17. The molecule has 180 valence electrons. The average Bonchev–Trinajstić information content (AvgIpc) is 2.93. The smallest absolute Gasteiger partial charge is 0.303 e. The Labute approximate surface area is 190 Å². The van der Waals surface area contributed by atoms with Crippen LogP contribution in [-0.2, 0) is 23.9 Å². The lowest BCUT2D eigenvalue weighted by Gasteiger charge is -2.61. The Bertz CT molecular complexity index is 1020. The van der Waals surface area contributed by atoms with Gasteiger partial charge in [0.2, 0.25) is 5.78 Å². The van der Waals surface area contributed by atoms with Crippen LogP contribution >= 0.6 is 0 Å². The molecule has 0 amide bonds. The summed E-state index contributed by atoms with van der Waals surface area (Å²) in [6, 6.07) is 0. The van der Waals surface area contributed by atoms with Gasteiger partial charge in [0.25, 0.3) is 0 Å². The largest absolute Gasteiger partial charge is 0.458 e. The monoisotopic (exact) mass is 464 g/mol. The molecule has 3 fully saturated rings. The molecule has 0 heterocycles. The highest BCUT2D eigenvalue weighted by Gasteiger charge is 2.78. The van der Waals surface area contributed by atoms with Gasteiger partial charge in [-0.15, -0.1) is 0 Å². The van der Waals surface area contributed by atoms with Crippen molar-refractivity contribution in [1.82, 2.24) is 0 Å². The van der Waals surface area contributed by atoms with E-state index in [2.05, 4.69) is 0 Å². The maximum atomic E-state index is 17.1. The second-order valence-corrected chi connectivity index (χ2v) is 10.4. The normalized spacial score (nSPS) is 48.5. The Balaban J connectivity index is 1.85. The topological polar surface area (TPSA) is 138 Å². The van der Waals surface area contributed by atoms with E-state index in [0.717, 1.165) is 19.1 Å². The molecule has 4 aliphatic carbocycles. The van der Waals surface area contributed by atoms with Crippen molar-refractivity contribution in [2.75, 3.05) is 6.61 Å². The van der Waals surface area contributed by atoms with Gasteiger partial charge >= 0.3 is 5.97 Å². The Morgan fingerprint density at radius 3 is 2.48 bits per heavy atom. The van der Waals surface area contributed by atoms with E-state index in [1.165, 1.54) is 19.9 Å². The molecular weight excluding hydrogens is 435 g/mol. The van der Waals surface area contributed by atoms with E-state index < -0.39 is 88.4 Å². The van der Waals surface area contributed by atoms with E-state index in [4.69, 9.17) is 4.74 Å². The van der Waals surface area contributed by atoms with E-state index in [1.807, 2.05) is 0 Å². The second kappa shape index (κ2) is 7.13. The molecule has 0 saturated heterocycles. The number of fused-ring (bicyclic) bond motifs is 5. The third kappa shape index (κ3) is 2.73. The van der Waals surface area contributed by atoms with Crippen molar-refractivity contribution in [3.05, 3.63) is 23.8 Å². The van der Waals surface area contributed by atoms with Crippen molar-refractivity contribution in [2.45, 2.75) is 64.0 Å². The molecule has 0 aliphatic heterocycles. The summed E-state index contributed by atoms with van der Waals surface area (Å²) >= 11 is 0. The molecule has 0 spiro atoms. The number of alkyl halides is 1. The molecule has 9 heteroatoms. The van der Waals surface area contributed by atoms with E-state index in [9.17, 15) is 34.5 Å². The lowest BCUT2D eigenvalue weighted by molar-refractivity contribution is -0.210. The van der Waals surface area contributed by atoms with Gasteiger partial charge in [-0.1, -0.05) is 19.9 Å². The first-order valence-corrected chi connectivity index (χ1v) is 11.1. The molecule has 0 unspecified atom stereocenters. The molecule has 33 heavy (non-hydrogen) atoms. The highest BCUT2D eigenvalue weighted by atomic mass is 19.1. The van der Waals surface area contributed by atoms with Crippen LogP contribution in [0.1, 0.15) is 40.5 Å². The Morgan fingerprint density at radius 2 is 1.88 bits per heavy atom. The van der Waals surface area contributed by atoms with Crippen LogP contribution in [0.5, 0.6) is 0 Å². The van der Waals surface area contributed by atoms with Crippen LogP contribution in [0.3, 0.4) is 0 Å². The van der Waals surface area contributed by atoms with Crippen molar-refractivity contribution in [2.24, 2.45) is 28.6 Å². The van der Waals surface area contributed by atoms with E-state index in [0.29, 0.717) is 0 Å². The fraction of sp³-hybridized carbons (Fsp3) is 0.667. The van der Waals surface area contributed by atoms with Crippen molar-refractivity contribution in [3.8, 4) is 0 Å². The molecule has 0 aromatic carbocycles. The minimum Gasteiger partial charge on any atom is -0.458 e. The van der Waals surface area contributed by atoms with Gasteiger partial charge in [0.05, 0.1) is 11.5 Å². The number of carbonyl (C=O) groups excluding carboxylic acids is 4. The fourth-order valence-corrected chi connectivity index (χ4v) is 7.17. The standard InChI is InChI=1S/C24H29FO8/c1-11-7-14-18-20(31)19(30)15-8-13(27)5-6-21(15,3)23(18,25)16(28)9-22(14,4)24(11,32)17(29)10-33-12(2)26/h5-6,8,11,14,18-20,30-32H,7,9-10H2,1-4H3/t11-,14+,18-,19+,20-,21+,22+,23-,24+/m1/s1. The molecule has 0 aromatic heterocycles. The van der Waals surface area contributed by atoms with Crippen LogP contribution in [0, 0.1) is 28.6 Å². The number of hydrogen-bond donors (Lipinski definition) is 3. The Morgan fingerprint density at radius 1 is 1.24 bits per heavy atom. The van der Waals surface area contributed by atoms with E-state index in [-0.39, 0.29) is 12.0 Å². The molecule has 8 nitrogen and oxygen atoms in total. The van der Waals surface area contributed by atoms with E-state index >= 15 is 4.39 Å². The number of ether oxygens (including phenoxy) is 1. The van der Waals surface area contributed by atoms with Crippen LogP contribution in [0.15, 0.2) is 23.8 Å². The lowest BCUT2D eigenvalue weighted by atomic mass is 9.44. The van der Waals surface area contributed by atoms with Crippen molar-refractivity contribution < 1.29 is 43.6 Å². The first-order chi connectivity index (χ1) is 15.2. The molecule has 0 bridgehead atoms. The van der Waals surface area contributed by atoms with Gasteiger partial charge in [-0.25, -0.2) is 4.39 Å². The second-order valence-electron chi connectivity index (χ2n) is 10.4. The minimum atomic E-state index is -2.66. The lowest BCUT2D eigenvalue weighted by Crippen LogP contribution is -2.73. The summed E-state index contributed by atoms with van der Waals surface area (Å²) in [4.78, 5) is 49.8. The number of Topliss-reactive ketones (excluding diaryl/α,β-unsaturated/α-hetero) is 2. The number of rotatable bonds is 3. The summed E-state index contributed by atoms with van der Waals surface area (Å²) in [6.45, 7) is 4.95. The number of aliphatic hydroxyl groups is 3. The number of carbonyl (C=O) groups is 4. The summed E-state index contributed by atoms with van der Waals surface area (Å²) in [7, 11) is 0. The van der Waals surface area contributed by atoms with Gasteiger partial charge in [0.15, 0.2) is 23.8 Å². The third-order valence-corrected chi connectivity index (χ3v) is 8.91. The number of hydrogen-bond acceptors (Lipinski definition) is 8. The summed E-state index contributed by atoms with van der Waals surface area (Å²) in [5.41, 5.74) is -7.97. The van der Waals surface area contributed by atoms with Crippen LogP contribution in [0.2, 0.25) is 0 Å². The molecule has 0 aromatic rings. The zero-order valence-electron chi connectivity index (χ0n) is 19.0. The predicted octanol–water partition coefficient (Wildman–Crippen LogP) is 0.616. The molecule has 0 radical (unpaired) electrons. The fourth-order valence-electron chi connectivity index (χ4n) is 7.17. The van der Waals surface area contributed by atoms with Gasteiger partial charge in [-0.05, 0) is 42.9 Å². The number of halogens is 1. The zero-order chi connectivity index (χ0) is 24.7. The number of esters is 1. The van der Waals surface area contributed by atoms with Gasteiger partial charge in [0, 0.05) is 24.7 Å². The summed E-state index contributed by atoms with van der Waals surface area (Å²) in [6.07, 6.45) is -0.265. The first kappa shape index (κ1) is 23.9. The van der Waals surface area contributed by atoms with Crippen LogP contribution in [0.4, 0.5) is 4.39 Å². The van der Waals surface area contributed by atoms with Crippen molar-refractivity contribution in [3.63, 3.8) is 0 Å². The number of ketones is 3. The van der Waals surface area contributed by atoms with Gasteiger partial charge in [-0.2, -0.15) is 0 Å². The molecule has 4 aliphatic rings. The summed E-state index contributed by atoms with van der Waals surface area (Å²) < 4.78 is 21.9. The minimum absolute atomic E-state index is 0.0644. The highest BCUT2D eigenvalue weighted by molar-refractivity contribution is 6.03. The maximum Gasteiger partial charge on any atom is 0.303 e. The quantitative estimate of drug-likeness (QED) is 0.517. The molecule has 4 rings (SSSR count). The summed E-state index contributed by atoms with van der Waals surface area (Å²) in [5.74, 6) is -5.93. The highest BCUT2D eigenvalue weighted by Crippen LogP contribution is 2.69. The van der Waals surface area contributed by atoms with Gasteiger partial charge < -0.3 is 20.1 Å². The molecule has 3 saturated carbocycles. The average molecular weight is 464 g/mol. The van der Waals surface area contributed by atoms with Gasteiger partial charge in [0.1, 0.15) is 11.7 Å². The zero-order valence-corrected chi connectivity index (χ0v) is 19.0. The Hall–Kier alpha value is -2.23. The van der Waals surface area contributed by atoms with Gasteiger partial charge in [-0.3, -0.25) is 19.2 Å². The molecular formula is C24H29FO8. The van der Waals surface area contributed by atoms with Crippen LogP contribution in [-0.4, -0.2) is 68.7 Å². The predicted molar refractivity (Wildman–Crippen MR) is 111 cm³/mol. The summed E-state index contributed by atoms with van der Waals surface area (Å²) in [5, 5.41) is 33.6. The number of aliphatic hydroxyl groups excluding tert-OH is 2. The molecule has 9 atom stereocenters. The van der Waals surface area contributed by atoms with E-state index in [1.54, 1.807) is 6.92 Å². The van der Waals surface area contributed by atoms with Crippen LogP contribution < -0.4 is 0 Å². The molecule has 3 N–H and O–H groups in total. The number of allylic oxidation sites excluding steroid dienone is 3.